The highest BCUT2D eigenvalue weighted by atomic mass is 16.3. The Balaban J connectivity index is 1.69. The molecule has 6 heteroatoms. The van der Waals surface area contributed by atoms with E-state index in [2.05, 4.69) is 34.4 Å². The van der Waals surface area contributed by atoms with Crippen molar-refractivity contribution in [1.82, 2.24) is 20.6 Å². The lowest BCUT2D eigenvalue weighted by atomic mass is 9.85. The third-order valence-electron chi connectivity index (χ3n) is 5.12. The molecule has 2 aromatic rings. The number of benzene rings is 1. The van der Waals surface area contributed by atoms with E-state index in [1.807, 2.05) is 24.3 Å². The van der Waals surface area contributed by atoms with E-state index in [1.165, 1.54) is 0 Å². The number of para-hydroxylation sites is 2. The number of carbonyl (C=O) groups is 1. The molecule has 1 aliphatic carbocycles. The van der Waals surface area contributed by atoms with Crippen LogP contribution in [0.25, 0.3) is 11.0 Å². The Bertz CT molecular complexity index is 679. The number of hydrogen-bond acceptors (Lipinski definition) is 3. The third kappa shape index (κ3) is 4.12. The second-order valence-corrected chi connectivity index (χ2v) is 7.31. The summed E-state index contributed by atoms with van der Waals surface area (Å²) in [5, 5.41) is 15.6. The molecule has 1 fully saturated rings. The highest BCUT2D eigenvalue weighted by Crippen LogP contribution is 2.25. The monoisotopic (exact) mass is 344 g/mol. The molecule has 0 saturated heterocycles. The number of aromatic amines is 1. The summed E-state index contributed by atoms with van der Waals surface area (Å²) in [5.41, 5.74) is 1.87. The summed E-state index contributed by atoms with van der Waals surface area (Å²) in [6, 6.07) is 7.52. The average Bonchev–Trinajstić information content (AvgIpc) is 3.03. The smallest absolute Gasteiger partial charge is 0.315 e. The van der Waals surface area contributed by atoms with Gasteiger partial charge < -0.3 is 20.7 Å². The molecule has 0 spiro atoms. The molecule has 1 aromatic carbocycles. The molecule has 25 heavy (non-hydrogen) atoms. The highest BCUT2D eigenvalue weighted by molar-refractivity contribution is 5.76. The van der Waals surface area contributed by atoms with Crippen LogP contribution in [-0.2, 0) is 0 Å². The Labute approximate surface area is 148 Å². The molecule has 4 N–H and O–H groups in total. The summed E-state index contributed by atoms with van der Waals surface area (Å²) in [6.45, 7) is 4.26. The van der Waals surface area contributed by atoms with E-state index in [4.69, 9.17) is 0 Å². The van der Waals surface area contributed by atoms with Gasteiger partial charge in [-0.05, 0) is 30.9 Å². The molecule has 6 nitrogen and oxygen atoms in total. The molecular weight excluding hydrogens is 316 g/mol. The van der Waals surface area contributed by atoms with Crippen LogP contribution in [0.4, 0.5) is 4.79 Å². The van der Waals surface area contributed by atoms with Gasteiger partial charge in [0.2, 0.25) is 0 Å². The zero-order chi connectivity index (χ0) is 17.8. The van der Waals surface area contributed by atoms with Gasteiger partial charge in [-0.15, -0.1) is 0 Å². The van der Waals surface area contributed by atoms with Gasteiger partial charge in [-0.25, -0.2) is 9.78 Å². The number of amides is 2. The number of fused-ring (bicyclic) bond motifs is 1. The van der Waals surface area contributed by atoms with Gasteiger partial charge in [0, 0.05) is 18.6 Å². The maximum atomic E-state index is 12.5. The first-order valence-corrected chi connectivity index (χ1v) is 9.21. The largest absolute Gasteiger partial charge is 0.396 e. The Hall–Kier alpha value is -2.08. The maximum Gasteiger partial charge on any atom is 0.315 e. The molecular formula is C19H28N4O2. The second kappa shape index (κ2) is 7.87. The predicted molar refractivity (Wildman–Crippen MR) is 98.2 cm³/mol. The molecule has 1 aliphatic rings. The fourth-order valence-corrected chi connectivity index (χ4v) is 3.64. The number of nitrogens with zero attached hydrogens (tertiary/aromatic N) is 1. The molecule has 1 saturated carbocycles. The number of imidazole rings is 1. The van der Waals surface area contributed by atoms with Crippen LogP contribution in [0.15, 0.2) is 24.3 Å². The van der Waals surface area contributed by atoms with Gasteiger partial charge in [-0.1, -0.05) is 38.8 Å². The van der Waals surface area contributed by atoms with Crippen LogP contribution < -0.4 is 10.6 Å². The van der Waals surface area contributed by atoms with Crippen molar-refractivity contribution in [2.45, 2.75) is 51.6 Å². The minimum Gasteiger partial charge on any atom is -0.396 e. The normalized spacial score (nSPS) is 22.1. The molecule has 3 unspecified atom stereocenters. The van der Waals surface area contributed by atoms with E-state index in [9.17, 15) is 9.90 Å². The minimum atomic E-state index is -0.191. The number of hydrogen-bond donors (Lipinski definition) is 4. The molecule has 0 radical (unpaired) electrons. The van der Waals surface area contributed by atoms with E-state index in [0.29, 0.717) is 0 Å². The molecule has 3 rings (SSSR count). The van der Waals surface area contributed by atoms with Crippen LogP contribution in [0.5, 0.6) is 0 Å². The van der Waals surface area contributed by atoms with E-state index in [-0.39, 0.29) is 36.6 Å². The van der Waals surface area contributed by atoms with Crippen molar-refractivity contribution < 1.29 is 9.90 Å². The summed E-state index contributed by atoms with van der Waals surface area (Å²) in [7, 11) is 0. The Morgan fingerprint density at radius 3 is 2.80 bits per heavy atom. The standard InChI is InChI=1S/C19H28N4O2/c1-12(2)17(18-20-15-9-5-6-10-16(15)21-18)23-19(25)22-14-8-4-3-7-13(14)11-24/h5-6,9-10,12-14,17,24H,3-4,7-8,11H2,1-2H3,(H,20,21)(H2,22,23,25). The van der Waals surface area contributed by atoms with Crippen LogP contribution in [0, 0.1) is 11.8 Å². The molecule has 3 atom stereocenters. The fraction of sp³-hybridized carbons (Fsp3) is 0.579. The summed E-state index contributed by atoms with van der Waals surface area (Å²) in [4.78, 5) is 20.5. The first-order chi connectivity index (χ1) is 12.1. The lowest BCUT2D eigenvalue weighted by Gasteiger charge is -2.31. The van der Waals surface area contributed by atoms with Crippen LogP contribution >= 0.6 is 0 Å². The first kappa shape index (κ1) is 17.7. The number of aliphatic hydroxyl groups is 1. The highest BCUT2D eigenvalue weighted by Gasteiger charge is 2.28. The van der Waals surface area contributed by atoms with Crippen molar-refractivity contribution in [3.05, 3.63) is 30.1 Å². The third-order valence-corrected chi connectivity index (χ3v) is 5.12. The lowest BCUT2D eigenvalue weighted by molar-refractivity contribution is 0.152. The van der Waals surface area contributed by atoms with Crippen LogP contribution in [0.2, 0.25) is 0 Å². The van der Waals surface area contributed by atoms with E-state index < -0.39 is 0 Å². The maximum absolute atomic E-state index is 12.5. The summed E-state index contributed by atoms with van der Waals surface area (Å²) in [6.07, 6.45) is 4.12. The number of aliphatic hydroxyl groups excluding tert-OH is 1. The van der Waals surface area contributed by atoms with Gasteiger partial charge in [0.25, 0.3) is 0 Å². The zero-order valence-corrected chi connectivity index (χ0v) is 15.0. The van der Waals surface area contributed by atoms with Crippen LogP contribution in [-0.4, -0.2) is 33.8 Å². The number of H-pyrrole nitrogens is 1. The average molecular weight is 344 g/mol. The summed E-state index contributed by atoms with van der Waals surface area (Å²) >= 11 is 0. The zero-order valence-electron chi connectivity index (χ0n) is 15.0. The van der Waals surface area contributed by atoms with E-state index >= 15 is 0 Å². The van der Waals surface area contributed by atoms with Crippen LogP contribution in [0.3, 0.4) is 0 Å². The molecule has 0 aliphatic heterocycles. The van der Waals surface area contributed by atoms with Crippen molar-refractivity contribution in [3.8, 4) is 0 Å². The SMILES string of the molecule is CC(C)C(NC(=O)NC1CCCCC1CO)c1nc2ccccc2[nH]1. The quantitative estimate of drug-likeness (QED) is 0.672. The van der Waals surface area contributed by atoms with Gasteiger partial charge >= 0.3 is 6.03 Å². The van der Waals surface area contributed by atoms with E-state index in [0.717, 1.165) is 42.5 Å². The number of carbonyl (C=O) groups excluding carboxylic acids is 1. The Morgan fingerprint density at radius 2 is 2.08 bits per heavy atom. The van der Waals surface area contributed by atoms with Crippen molar-refractivity contribution in [2.75, 3.05) is 6.61 Å². The first-order valence-electron chi connectivity index (χ1n) is 9.21. The van der Waals surface area contributed by atoms with E-state index in [1.54, 1.807) is 0 Å². The van der Waals surface area contributed by atoms with Crippen molar-refractivity contribution in [3.63, 3.8) is 0 Å². The second-order valence-electron chi connectivity index (χ2n) is 7.31. The Kier molecular flexibility index (Phi) is 5.58. The van der Waals surface area contributed by atoms with Crippen LogP contribution in [0.1, 0.15) is 51.4 Å². The predicted octanol–water partition coefficient (Wildman–Crippen LogP) is 3.11. The molecule has 2 amide bonds. The number of urea groups is 1. The molecule has 136 valence electrons. The fourth-order valence-electron chi connectivity index (χ4n) is 3.64. The summed E-state index contributed by atoms with van der Waals surface area (Å²) in [5.74, 6) is 1.13. The molecule has 1 aromatic heterocycles. The van der Waals surface area contributed by atoms with Gasteiger partial charge in [0.05, 0.1) is 17.1 Å². The van der Waals surface area contributed by atoms with Gasteiger partial charge in [-0.2, -0.15) is 0 Å². The molecule has 0 bridgehead atoms. The molecule has 1 heterocycles. The number of nitrogens with one attached hydrogen (secondary N) is 3. The van der Waals surface area contributed by atoms with Gasteiger partial charge in [0.15, 0.2) is 0 Å². The minimum absolute atomic E-state index is 0.0437. The van der Waals surface area contributed by atoms with Crippen molar-refractivity contribution >= 4 is 17.1 Å². The van der Waals surface area contributed by atoms with Crippen molar-refractivity contribution in [1.29, 1.82) is 0 Å². The summed E-state index contributed by atoms with van der Waals surface area (Å²) < 4.78 is 0. The lowest BCUT2D eigenvalue weighted by Crippen LogP contribution is -2.49. The number of aromatic nitrogens is 2. The Morgan fingerprint density at radius 1 is 1.32 bits per heavy atom. The van der Waals surface area contributed by atoms with Crippen molar-refractivity contribution in [2.24, 2.45) is 11.8 Å². The topological polar surface area (TPSA) is 90.0 Å². The number of rotatable bonds is 5. The van der Waals surface area contributed by atoms with Gasteiger partial charge in [-0.3, -0.25) is 0 Å². The van der Waals surface area contributed by atoms with Gasteiger partial charge in [0.1, 0.15) is 5.82 Å².